The zero-order valence-corrected chi connectivity index (χ0v) is 11.8. The highest BCUT2D eigenvalue weighted by Crippen LogP contribution is 2.24. The van der Waals surface area contributed by atoms with Gasteiger partial charge in [-0.05, 0) is 19.1 Å². The first-order valence-electron chi connectivity index (χ1n) is 6.37. The van der Waals surface area contributed by atoms with E-state index in [9.17, 15) is 0 Å². The van der Waals surface area contributed by atoms with Gasteiger partial charge in [0.25, 0.3) is 0 Å². The number of anilines is 1. The standard InChI is InChI=1S/C14H17N5O/c1-9-10(7-18(2)17-9)8-19-13-6-11(20-3)4-5-12(13)16-14(19)15/h4-7H,8H2,1-3H3,(H2,15,16). The lowest BCUT2D eigenvalue weighted by Crippen LogP contribution is -2.05. The Kier molecular flexibility index (Phi) is 2.85. The Morgan fingerprint density at radius 3 is 2.80 bits per heavy atom. The summed E-state index contributed by atoms with van der Waals surface area (Å²) >= 11 is 0. The summed E-state index contributed by atoms with van der Waals surface area (Å²) in [7, 11) is 3.56. The fourth-order valence-corrected chi connectivity index (χ4v) is 2.39. The molecule has 0 saturated heterocycles. The van der Waals surface area contributed by atoms with E-state index in [1.807, 2.05) is 42.9 Å². The average molecular weight is 271 g/mol. The van der Waals surface area contributed by atoms with Gasteiger partial charge >= 0.3 is 0 Å². The molecule has 0 aliphatic carbocycles. The first-order chi connectivity index (χ1) is 9.58. The zero-order chi connectivity index (χ0) is 14.3. The molecule has 2 heterocycles. The molecular weight excluding hydrogens is 254 g/mol. The van der Waals surface area contributed by atoms with Crippen LogP contribution < -0.4 is 10.5 Å². The van der Waals surface area contributed by atoms with E-state index in [2.05, 4.69) is 10.1 Å². The van der Waals surface area contributed by atoms with E-state index in [4.69, 9.17) is 10.5 Å². The van der Waals surface area contributed by atoms with Crippen molar-refractivity contribution in [3.05, 3.63) is 35.7 Å². The summed E-state index contributed by atoms with van der Waals surface area (Å²) in [6.07, 6.45) is 2.00. The smallest absolute Gasteiger partial charge is 0.201 e. The first-order valence-corrected chi connectivity index (χ1v) is 6.37. The summed E-state index contributed by atoms with van der Waals surface area (Å²) < 4.78 is 9.05. The van der Waals surface area contributed by atoms with Gasteiger partial charge in [-0.15, -0.1) is 0 Å². The van der Waals surface area contributed by atoms with Crippen molar-refractivity contribution in [3.8, 4) is 5.75 Å². The third-order valence-electron chi connectivity index (χ3n) is 3.43. The molecule has 0 unspecified atom stereocenters. The van der Waals surface area contributed by atoms with Crippen molar-refractivity contribution < 1.29 is 4.74 Å². The summed E-state index contributed by atoms with van der Waals surface area (Å²) in [6.45, 7) is 2.64. The molecule has 0 saturated carbocycles. The molecule has 0 aliphatic rings. The highest BCUT2D eigenvalue weighted by molar-refractivity contribution is 5.80. The molecule has 0 amide bonds. The van der Waals surface area contributed by atoms with E-state index < -0.39 is 0 Å². The maximum atomic E-state index is 6.03. The Balaban J connectivity index is 2.10. The van der Waals surface area contributed by atoms with Crippen LogP contribution in [0.1, 0.15) is 11.3 Å². The van der Waals surface area contributed by atoms with Crippen molar-refractivity contribution in [1.82, 2.24) is 19.3 Å². The molecule has 0 fully saturated rings. The van der Waals surface area contributed by atoms with E-state index in [-0.39, 0.29) is 0 Å². The number of ether oxygens (including phenoxy) is 1. The molecule has 0 radical (unpaired) electrons. The molecule has 6 heteroatoms. The molecule has 0 atom stereocenters. The molecule has 0 spiro atoms. The van der Waals surface area contributed by atoms with Crippen molar-refractivity contribution in [2.45, 2.75) is 13.5 Å². The normalized spacial score (nSPS) is 11.2. The minimum atomic E-state index is 0.497. The quantitative estimate of drug-likeness (QED) is 0.787. The van der Waals surface area contributed by atoms with Crippen molar-refractivity contribution in [1.29, 1.82) is 0 Å². The van der Waals surface area contributed by atoms with Gasteiger partial charge in [0.1, 0.15) is 5.75 Å². The van der Waals surface area contributed by atoms with Crippen LogP contribution in [0.2, 0.25) is 0 Å². The number of methoxy groups -OCH3 is 1. The number of nitrogen functional groups attached to an aromatic ring is 1. The Labute approximate surface area is 116 Å². The van der Waals surface area contributed by atoms with E-state index in [0.29, 0.717) is 12.5 Å². The second-order valence-electron chi connectivity index (χ2n) is 4.82. The number of nitrogens with zero attached hydrogens (tertiary/aromatic N) is 4. The summed E-state index contributed by atoms with van der Waals surface area (Å²) in [6, 6.07) is 5.75. The van der Waals surface area contributed by atoms with Crippen molar-refractivity contribution in [2.24, 2.45) is 7.05 Å². The van der Waals surface area contributed by atoms with Crippen molar-refractivity contribution in [2.75, 3.05) is 12.8 Å². The van der Waals surface area contributed by atoms with Crippen LogP contribution in [0.4, 0.5) is 5.95 Å². The Hall–Kier alpha value is -2.50. The fraction of sp³-hybridized carbons (Fsp3) is 0.286. The van der Waals surface area contributed by atoms with Gasteiger partial charge in [-0.1, -0.05) is 0 Å². The van der Waals surface area contributed by atoms with Gasteiger partial charge in [-0.3, -0.25) is 4.68 Å². The van der Waals surface area contributed by atoms with E-state index in [0.717, 1.165) is 28.0 Å². The summed E-state index contributed by atoms with van der Waals surface area (Å²) in [5.74, 6) is 1.29. The van der Waals surface area contributed by atoms with Gasteiger partial charge in [-0.25, -0.2) is 4.98 Å². The number of aryl methyl sites for hydroxylation is 2. The third kappa shape index (κ3) is 1.99. The number of rotatable bonds is 3. The second-order valence-corrected chi connectivity index (χ2v) is 4.82. The zero-order valence-electron chi connectivity index (χ0n) is 11.8. The van der Waals surface area contributed by atoms with E-state index >= 15 is 0 Å². The number of imidazole rings is 1. The lowest BCUT2D eigenvalue weighted by atomic mass is 10.2. The number of aromatic nitrogens is 4. The highest BCUT2D eigenvalue weighted by atomic mass is 16.5. The van der Waals surface area contributed by atoms with E-state index in [1.165, 1.54) is 0 Å². The highest BCUT2D eigenvalue weighted by Gasteiger charge is 2.12. The van der Waals surface area contributed by atoms with Crippen LogP contribution in [0, 0.1) is 6.92 Å². The molecule has 6 nitrogen and oxygen atoms in total. The number of fused-ring (bicyclic) bond motifs is 1. The van der Waals surface area contributed by atoms with Gasteiger partial charge in [-0.2, -0.15) is 5.10 Å². The molecule has 3 rings (SSSR count). The van der Waals surface area contributed by atoms with Crippen LogP contribution in [0.15, 0.2) is 24.4 Å². The van der Waals surface area contributed by atoms with Crippen LogP contribution in [0.25, 0.3) is 11.0 Å². The fourth-order valence-electron chi connectivity index (χ4n) is 2.39. The first kappa shape index (κ1) is 12.5. The predicted octanol–water partition coefficient (Wildman–Crippen LogP) is 1.72. The van der Waals surface area contributed by atoms with Gasteiger partial charge in [0.05, 0.1) is 30.4 Å². The maximum Gasteiger partial charge on any atom is 0.201 e. The number of hydrogen-bond donors (Lipinski definition) is 1. The van der Waals surface area contributed by atoms with Crippen LogP contribution in [-0.2, 0) is 13.6 Å². The minimum absolute atomic E-state index is 0.497. The van der Waals surface area contributed by atoms with Gasteiger partial charge in [0.15, 0.2) is 0 Å². The molecule has 2 N–H and O–H groups in total. The lowest BCUT2D eigenvalue weighted by molar-refractivity contribution is 0.415. The summed E-state index contributed by atoms with van der Waals surface area (Å²) in [4.78, 5) is 4.38. The lowest BCUT2D eigenvalue weighted by Gasteiger charge is -2.06. The van der Waals surface area contributed by atoms with Gasteiger partial charge in [0.2, 0.25) is 5.95 Å². The van der Waals surface area contributed by atoms with Crippen molar-refractivity contribution >= 4 is 17.0 Å². The molecular formula is C14H17N5O. The van der Waals surface area contributed by atoms with Crippen LogP contribution in [0.3, 0.4) is 0 Å². The monoisotopic (exact) mass is 271 g/mol. The van der Waals surface area contributed by atoms with E-state index in [1.54, 1.807) is 11.8 Å². The molecule has 0 aliphatic heterocycles. The number of benzene rings is 1. The molecule has 0 bridgehead atoms. The predicted molar refractivity (Wildman–Crippen MR) is 77.7 cm³/mol. The SMILES string of the molecule is COc1ccc2nc(N)n(Cc3cn(C)nc3C)c2c1. The summed E-state index contributed by atoms with van der Waals surface area (Å²) in [5, 5.41) is 4.35. The Morgan fingerprint density at radius 1 is 1.35 bits per heavy atom. The molecule has 20 heavy (non-hydrogen) atoms. The second kappa shape index (κ2) is 4.56. The Bertz CT molecular complexity index is 771. The van der Waals surface area contributed by atoms with Gasteiger partial charge < -0.3 is 15.0 Å². The van der Waals surface area contributed by atoms with Crippen LogP contribution in [-0.4, -0.2) is 26.4 Å². The summed E-state index contributed by atoms with van der Waals surface area (Å²) in [5.41, 5.74) is 9.99. The molecule has 104 valence electrons. The molecule has 2 aromatic heterocycles. The Morgan fingerprint density at radius 2 is 2.15 bits per heavy atom. The van der Waals surface area contributed by atoms with Crippen LogP contribution >= 0.6 is 0 Å². The average Bonchev–Trinajstić information content (AvgIpc) is 2.90. The molecule has 3 aromatic rings. The van der Waals surface area contributed by atoms with Crippen molar-refractivity contribution in [3.63, 3.8) is 0 Å². The number of hydrogen-bond acceptors (Lipinski definition) is 4. The van der Waals surface area contributed by atoms with Gasteiger partial charge in [0, 0.05) is 24.9 Å². The van der Waals surface area contributed by atoms with Crippen LogP contribution in [0.5, 0.6) is 5.75 Å². The maximum absolute atomic E-state index is 6.03. The topological polar surface area (TPSA) is 70.9 Å². The third-order valence-corrected chi connectivity index (χ3v) is 3.43. The largest absolute Gasteiger partial charge is 0.497 e. The molecule has 1 aromatic carbocycles. The minimum Gasteiger partial charge on any atom is -0.497 e. The number of nitrogens with two attached hydrogens (primary N) is 1.